The first-order valence-electron chi connectivity index (χ1n) is 10.1. The third-order valence-corrected chi connectivity index (χ3v) is 4.59. The number of aryl methyl sites for hydroxylation is 1. The molecule has 0 spiro atoms. The van der Waals surface area contributed by atoms with E-state index < -0.39 is 23.8 Å². The molecule has 0 aliphatic rings. The fourth-order valence-corrected chi connectivity index (χ4v) is 2.85. The number of hydrazine groups is 1. The molecule has 0 unspecified atom stereocenters. The third kappa shape index (κ3) is 6.07. The minimum Gasteiger partial charge on any atom is -0.493 e. The Balaban J connectivity index is 2.02. The summed E-state index contributed by atoms with van der Waals surface area (Å²) in [6, 6.07) is 13.1. The fraction of sp³-hybridized carbons (Fsp3) is 0.348. The molecule has 1 atom stereocenters. The van der Waals surface area contributed by atoms with Crippen LogP contribution in [0.15, 0.2) is 48.5 Å². The van der Waals surface area contributed by atoms with Crippen LogP contribution in [0, 0.1) is 5.92 Å². The zero-order valence-corrected chi connectivity index (χ0v) is 17.8. The van der Waals surface area contributed by atoms with Gasteiger partial charge < -0.3 is 10.1 Å². The van der Waals surface area contributed by atoms with E-state index in [1.54, 1.807) is 36.4 Å². The highest BCUT2D eigenvalue weighted by Gasteiger charge is 2.26. The van der Waals surface area contributed by atoms with E-state index in [0.717, 1.165) is 12.0 Å². The Morgan fingerprint density at radius 1 is 0.900 bits per heavy atom. The summed E-state index contributed by atoms with van der Waals surface area (Å²) in [5.74, 6) is -1.11. The van der Waals surface area contributed by atoms with Crippen molar-refractivity contribution in [3.8, 4) is 5.75 Å². The average Bonchev–Trinajstić information content (AvgIpc) is 2.75. The number of amides is 3. The molecular formula is C23H29N3O4. The summed E-state index contributed by atoms with van der Waals surface area (Å²) in [5.41, 5.74) is 6.70. The molecule has 2 rings (SSSR count). The van der Waals surface area contributed by atoms with Gasteiger partial charge in [0.1, 0.15) is 11.8 Å². The molecule has 0 heterocycles. The Hall–Kier alpha value is -3.35. The Kier molecular flexibility index (Phi) is 8.41. The maximum Gasteiger partial charge on any atom is 0.269 e. The molecule has 160 valence electrons. The van der Waals surface area contributed by atoms with Crippen LogP contribution >= 0.6 is 0 Å². The summed E-state index contributed by atoms with van der Waals surface area (Å²) < 4.78 is 5.49. The van der Waals surface area contributed by atoms with E-state index in [4.69, 9.17) is 4.74 Å². The first kappa shape index (κ1) is 22.9. The van der Waals surface area contributed by atoms with E-state index in [1.165, 1.54) is 0 Å². The van der Waals surface area contributed by atoms with Gasteiger partial charge in [0.05, 0.1) is 12.2 Å². The quantitative estimate of drug-likeness (QED) is 0.582. The molecule has 3 N–H and O–H groups in total. The van der Waals surface area contributed by atoms with E-state index in [9.17, 15) is 14.4 Å². The van der Waals surface area contributed by atoms with E-state index >= 15 is 0 Å². The molecule has 0 bridgehead atoms. The van der Waals surface area contributed by atoms with Crippen molar-refractivity contribution in [1.82, 2.24) is 16.2 Å². The molecule has 0 aliphatic carbocycles. The zero-order valence-electron chi connectivity index (χ0n) is 17.8. The summed E-state index contributed by atoms with van der Waals surface area (Å²) in [6.07, 6.45) is 0.876. The number of hydrogen-bond acceptors (Lipinski definition) is 4. The molecule has 2 aromatic carbocycles. The van der Waals surface area contributed by atoms with Crippen molar-refractivity contribution in [3.63, 3.8) is 0 Å². The molecular weight excluding hydrogens is 382 g/mol. The summed E-state index contributed by atoms with van der Waals surface area (Å²) in [7, 11) is 0. The van der Waals surface area contributed by atoms with Gasteiger partial charge in [0, 0.05) is 5.56 Å². The van der Waals surface area contributed by atoms with Crippen LogP contribution in [0.4, 0.5) is 0 Å². The summed E-state index contributed by atoms with van der Waals surface area (Å²) in [6.45, 7) is 7.90. The van der Waals surface area contributed by atoms with E-state index in [1.807, 2.05) is 39.8 Å². The van der Waals surface area contributed by atoms with Gasteiger partial charge in [0.2, 0.25) is 0 Å². The minimum absolute atomic E-state index is 0.200. The van der Waals surface area contributed by atoms with Crippen LogP contribution in [-0.4, -0.2) is 30.4 Å². The molecule has 0 saturated heterocycles. The van der Waals surface area contributed by atoms with Gasteiger partial charge in [-0.1, -0.05) is 45.0 Å². The van der Waals surface area contributed by atoms with Gasteiger partial charge in [0.15, 0.2) is 0 Å². The maximum absolute atomic E-state index is 12.7. The number of nitrogens with one attached hydrogen (secondary N) is 3. The van der Waals surface area contributed by atoms with Crippen LogP contribution in [0.5, 0.6) is 5.75 Å². The number of rotatable bonds is 8. The van der Waals surface area contributed by atoms with Crippen molar-refractivity contribution >= 4 is 17.7 Å². The van der Waals surface area contributed by atoms with E-state index in [2.05, 4.69) is 16.2 Å². The van der Waals surface area contributed by atoms with Gasteiger partial charge in [-0.25, -0.2) is 0 Å². The summed E-state index contributed by atoms with van der Waals surface area (Å²) in [5, 5.41) is 2.73. The molecule has 7 nitrogen and oxygen atoms in total. The molecule has 0 radical (unpaired) electrons. The van der Waals surface area contributed by atoms with Crippen molar-refractivity contribution in [2.75, 3.05) is 6.61 Å². The Bertz CT molecular complexity index is 878. The SMILES string of the molecule is CCOc1ccccc1C(=O)N[C@H](C(=O)NNC(=O)c1ccc(CC)cc1)C(C)C. The van der Waals surface area contributed by atoms with Crippen LogP contribution in [0.25, 0.3) is 0 Å². The van der Waals surface area contributed by atoms with Gasteiger partial charge in [-0.3, -0.25) is 25.2 Å². The normalized spacial score (nSPS) is 11.5. The highest BCUT2D eigenvalue weighted by molar-refractivity contribution is 6.00. The Morgan fingerprint density at radius 2 is 1.57 bits per heavy atom. The largest absolute Gasteiger partial charge is 0.493 e. The zero-order chi connectivity index (χ0) is 22.1. The maximum atomic E-state index is 12.7. The fourth-order valence-electron chi connectivity index (χ4n) is 2.85. The van der Waals surface area contributed by atoms with Gasteiger partial charge in [-0.15, -0.1) is 0 Å². The van der Waals surface area contributed by atoms with E-state index in [-0.39, 0.29) is 5.92 Å². The molecule has 7 heteroatoms. The predicted octanol–water partition coefficient (Wildman–Crippen LogP) is 2.86. The number of para-hydroxylation sites is 1. The first-order valence-corrected chi connectivity index (χ1v) is 10.1. The average molecular weight is 412 g/mol. The van der Waals surface area contributed by atoms with Crippen molar-refractivity contribution in [2.24, 2.45) is 5.92 Å². The second-order valence-corrected chi connectivity index (χ2v) is 7.12. The highest BCUT2D eigenvalue weighted by Crippen LogP contribution is 2.18. The molecule has 30 heavy (non-hydrogen) atoms. The second kappa shape index (κ2) is 11.0. The van der Waals surface area contributed by atoms with Crippen LogP contribution in [-0.2, 0) is 11.2 Å². The van der Waals surface area contributed by atoms with Crippen molar-refractivity contribution in [2.45, 2.75) is 40.2 Å². The van der Waals surface area contributed by atoms with Gasteiger partial charge >= 0.3 is 0 Å². The van der Waals surface area contributed by atoms with Crippen molar-refractivity contribution in [3.05, 3.63) is 65.2 Å². The lowest BCUT2D eigenvalue weighted by atomic mass is 10.0. The highest BCUT2D eigenvalue weighted by atomic mass is 16.5. The molecule has 0 fully saturated rings. The molecule has 3 amide bonds. The van der Waals surface area contributed by atoms with Crippen LogP contribution < -0.4 is 20.9 Å². The molecule has 0 aromatic heterocycles. The second-order valence-electron chi connectivity index (χ2n) is 7.12. The Labute approximate surface area is 177 Å². The lowest BCUT2D eigenvalue weighted by molar-refractivity contribution is -0.124. The lowest BCUT2D eigenvalue weighted by Crippen LogP contribution is -2.54. The van der Waals surface area contributed by atoms with Crippen LogP contribution in [0.3, 0.4) is 0 Å². The predicted molar refractivity (Wildman–Crippen MR) is 115 cm³/mol. The number of benzene rings is 2. The van der Waals surface area contributed by atoms with Gasteiger partial charge in [0.25, 0.3) is 17.7 Å². The summed E-state index contributed by atoms with van der Waals surface area (Å²) in [4.78, 5) is 37.6. The molecule has 2 aromatic rings. The van der Waals surface area contributed by atoms with Crippen molar-refractivity contribution < 1.29 is 19.1 Å². The van der Waals surface area contributed by atoms with Crippen LogP contribution in [0.1, 0.15) is 54.0 Å². The minimum atomic E-state index is -0.838. The monoisotopic (exact) mass is 411 g/mol. The standard InChI is InChI=1S/C23H29N3O4/c1-5-16-11-13-17(14-12-16)21(27)25-26-23(29)20(15(3)4)24-22(28)18-9-7-8-10-19(18)30-6-2/h7-15,20H,5-6H2,1-4H3,(H,24,28)(H,25,27)(H,26,29)/t20-/m0/s1. The molecule has 0 saturated carbocycles. The molecule has 0 aliphatic heterocycles. The van der Waals surface area contributed by atoms with Crippen molar-refractivity contribution in [1.29, 1.82) is 0 Å². The lowest BCUT2D eigenvalue weighted by Gasteiger charge is -2.22. The summed E-state index contributed by atoms with van der Waals surface area (Å²) >= 11 is 0. The van der Waals surface area contributed by atoms with E-state index in [0.29, 0.717) is 23.5 Å². The number of carbonyl (C=O) groups is 3. The van der Waals surface area contributed by atoms with Crippen LogP contribution in [0.2, 0.25) is 0 Å². The first-order chi connectivity index (χ1) is 14.4. The smallest absolute Gasteiger partial charge is 0.269 e. The number of carbonyl (C=O) groups excluding carboxylic acids is 3. The van der Waals surface area contributed by atoms with Gasteiger partial charge in [-0.05, 0) is 49.1 Å². The number of ether oxygens (including phenoxy) is 1. The number of hydrogen-bond donors (Lipinski definition) is 3. The third-order valence-electron chi connectivity index (χ3n) is 4.59. The topological polar surface area (TPSA) is 96.5 Å². The van der Waals surface area contributed by atoms with Gasteiger partial charge in [-0.2, -0.15) is 0 Å². The Morgan fingerprint density at radius 3 is 2.17 bits per heavy atom.